The van der Waals surface area contributed by atoms with Crippen molar-refractivity contribution in [3.05, 3.63) is 88.4 Å². The van der Waals surface area contributed by atoms with E-state index in [1.807, 2.05) is 81.4 Å². The number of carbonyl (C=O) groups excluding carboxylic acids is 1. The van der Waals surface area contributed by atoms with Crippen LogP contribution < -0.4 is 10.1 Å². The van der Waals surface area contributed by atoms with Crippen LogP contribution in [0.5, 0.6) is 5.75 Å². The van der Waals surface area contributed by atoms with Gasteiger partial charge in [-0.25, -0.2) is 4.98 Å². The largest absolute Gasteiger partial charge is 0.493 e. The van der Waals surface area contributed by atoms with Gasteiger partial charge in [0.25, 0.3) is 5.91 Å². The van der Waals surface area contributed by atoms with Crippen LogP contribution in [0.15, 0.2) is 66.7 Å². The maximum Gasteiger partial charge on any atom is 0.255 e. The lowest BCUT2D eigenvalue weighted by Gasteiger charge is -2.13. The summed E-state index contributed by atoms with van der Waals surface area (Å²) in [5, 5.41) is 4.45. The molecule has 0 saturated heterocycles. The minimum Gasteiger partial charge on any atom is -0.493 e. The van der Waals surface area contributed by atoms with Crippen molar-refractivity contribution in [2.24, 2.45) is 0 Å². The van der Waals surface area contributed by atoms with Crippen LogP contribution in [0.4, 0.5) is 5.69 Å². The third-order valence-corrected chi connectivity index (χ3v) is 5.54. The third kappa shape index (κ3) is 4.39. The van der Waals surface area contributed by atoms with Gasteiger partial charge in [0.05, 0.1) is 17.8 Å². The zero-order valence-electron chi connectivity index (χ0n) is 17.7. The van der Waals surface area contributed by atoms with E-state index in [1.165, 1.54) is 0 Å². The zero-order chi connectivity index (χ0) is 22.0. The molecule has 0 saturated carbocycles. The highest BCUT2D eigenvalue weighted by atomic mass is 35.5. The van der Waals surface area contributed by atoms with Crippen LogP contribution in [0.3, 0.4) is 0 Å². The molecule has 1 heterocycles. The van der Waals surface area contributed by atoms with Gasteiger partial charge in [0.2, 0.25) is 0 Å². The van der Waals surface area contributed by atoms with Crippen LogP contribution in [0.2, 0.25) is 5.02 Å². The number of rotatable bonds is 5. The highest BCUT2D eigenvalue weighted by Crippen LogP contribution is 2.32. The van der Waals surface area contributed by atoms with Gasteiger partial charge in [-0.3, -0.25) is 4.79 Å². The molecule has 5 heteroatoms. The second kappa shape index (κ2) is 8.78. The molecule has 0 aliphatic carbocycles. The summed E-state index contributed by atoms with van der Waals surface area (Å²) in [6.45, 7) is 6.47. The highest BCUT2D eigenvalue weighted by molar-refractivity contribution is 6.30. The van der Waals surface area contributed by atoms with Crippen LogP contribution in [-0.2, 0) is 0 Å². The first-order chi connectivity index (χ1) is 15.0. The number of aryl methyl sites for hydroxylation is 1. The maximum absolute atomic E-state index is 12.9. The van der Waals surface area contributed by atoms with E-state index in [4.69, 9.17) is 21.3 Å². The van der Waals surface area contributed by atoms with Crippen LogP contribution in [0.25, 0.3) is 22.2 Å². The molecule has 0 spiro atoms. The smallest absolute Gasteiger partial charge is 0.255 e. The van der Waals surface area contributed by atoms with Crippen molar-refractivity contribution < 1.29 is 9.53 Å². The molecule has 0 fully saturated rings. The Labute approximate surface area is 186 Å². The molecule has 1 amide bonds. The van der Waals surface area contributed by atoms with Gasteiger partial charge in [-0.2, -0.15) is 0 Å². The Balaban J connectivity index is 1.74. The first kappa shape index (κ1) is 20.9. The summed E-state index contributed by atoms with van der Waals surface area (Å²) < 4.78 is 5.89. The summed E-state index contributed by atoms with van der Waals surface area (Å²) in [6, 6.07) is 20.8. The normalized spacial score (nSPS) is 10.8. The summed E-state index contributed by atoms with van der Waals surface area (Å²) in [6.07, 6.45) is 0. The Morgan fingerprint density at radius 3 is 2.61 bits per heavy atom. The molecule has 0 unspecified atom stereocenters. The lowest BCUT2D eigenvalue weighted by atomic mass is 10.1. The summed E-state index contributed by atoms with van der Waals surface area (Å²) in [7, 11) is 0. The number of hydrogen-bond donors (Lipinski definition) is 1. The summed E-state index contributed by atoms with van der Waals surface area (Å²) in [5.74, 6) is 0.515. The molecular weight excluding hydrogens is 408 g/mol. The van der Waals surface area contributed by atoms with Crippen molar-refractivity contribution in [1.82, 2.24) is 4.98 Å². The van der Waals surface area contributed by atoms with E-state index in [0.717, 1.165) is 39.0 Å². The summed E-state index contributed by atoms with van der Waals surface area (Å²) in [5.41, 5.74) is 5.98. The van der Waals surface area contributed by atoms with Gasteiger partial charge < -0.3 is 10.1 Å². The minimum absolute atomic E-state index is 0.169. The molecular formula is C26H23ClN2O2. The summed E-state index contributed by atoms with van der Waals surface area (Å²) in [4.78, 5) is 17.7. The lowest BCUT2D eigenvalue weighted by molar-refractivity contribution is 0.102. The first-order valence-corrected chi connectivity index (χ1v) is 10.5. The molecule has 156 valence electrons. The Morgan fingerprint density at radius 2 is 1.84 bits per heavy atom. The van der Waals surface area contributed by atoms with E-state index >= 15 is 0 Å². The topological polar surface area (TPSA) is 51.2 Å². The first-order valence-electron chi connectivity index (χ1n) is 10.2. The van der Waals surface area contributed by atoms with Gasteiger partial charge in [-0.15, -0.1) is 0 Å². The highest BCUT2D eigenvalue weighted by Gasteiger charge is 2.14. The molecule has 4 aromatic rings. The molecule has 31 heavy (non-hydrogen) atoms. The standard InChI is InChI=1S/C26H23ClN2O2/c1-4-31-25-15-24(18-8-6-9-20(27)13-18)28-23-12-11-19(14-21(23)25)26(30)29-22-10-5-7-16(2)17(22)3/h5-15H,4H2,1-3H3,(H,29,30). The van der Waals surface area contributed by atoms with Gasteiger partial charge in [0.15, 0.2) is 0 Å². The number of nitrogens with one attached hydrogen (secondary N) is 1. The summed E-state index contributed by atoms with van der Waals surface area (Å²) >= 11 is 6.15. The minimum atomic E-state index is -0.169. The Hall–Kier alpha value is -3.37. The Bertz CT molecular complexity index is 1280. The predicted molar refractivity (Wildman–Crippen MR) is 127 cm³/mol. The van der Waals surface area contributed by atoms with E-state index in [0.29, 0.717) is 22.9 Å². The molecule has 4 nitrogen and oxygen atoms in total. The van der Waals surface area contributed by atoms with E-state index in [2.05, 4.69) is 5.32 Å². The van der Waals surface area contributed by atoms with Crippen LogP contribution in [0, 0.1) is 13.8 Å². The molecule has 0 atom stereocenters. The van der Waals surface area contributed by atoms with E-state index in [-0.39, 0.29) is 5.91 Å². The van der Waals surface area contributed by atoms with Crippen molar-refractivity contribution in [2.75, 3.05) is 11.9 Å². The molecule has 4 rings (SSSR count). The quantitative estimate of drug-likeness (QED) is 0.377. The third-order valence-electron chi connectivity index (χ3n) is 5.31. The number of ether oxygens (including phenoxy) is 1. The number of amides is 1. The van der Waals surface area contributed by atoms with Gasteiger partial charge in [-0.1, -0.05) is 35.9 Å². The average Bonchev–Trinajstić information content (AvgIpc) is 2.76. The van der Waals surface area contributed by atoms with Crippen molar-refractivity contribution in [2.45, 2.75) is 20.8 Å². The van der Waals surface area contributed by atoms with Crippen LogP contribution in [0.1, 0.15) is 28.4 Å². The Morgan fingerprint density at radius 1 is 1.03 bits per heavy atom. The molecule has 0 aliphatic heterocycles. The van der Waals surface area contributed by atoms with Crippen molar-refractivity contribution in [1.29, 1.82) is 0 Å². The molecule has 3 aromatic carbocycles. The fourth-order valence-electron chi connectivity index (χ4n) is 3.49. The molecule has 0 radical (unpaired) electrons. The van der Waals surface area contributed by atoms with E-state index in [1.54, 1.807) is 6.07 Å². The zero-order valence-corrected chi connectivity index (χ0v) is 18.5. The number of fused-ring (bicyclic) bond motifs is 1. The number of aromatic nitrogens is 1. The van der Waals surface area contributed by atoms with E-state index in [9.17, 15) is 4.79 Å². The Kier molecular flexibility index (Phi) is 5.92. The van der Waals surface area contributed by atoms with Crippen LogP contribution >= 0.6 is 11.6 Å². The number of anilines is 1. The molecule has 0 aliphatic rings. The lowest BCUT2D eigenvalue weighted by Crippen LogP contribution is -2.13. The van der Waals surface area contributed by atoms with Gasteiger partial charge in [0.1, 0.15) is 5.75 Å². The van der Waals surface area contributed by atoms with Crippen LogP contribution in [-0.4, -0.2) is 17.5 Å². The second-order valence-electron chi connectivity index (χ2n) is 7.38. The molecule has 1 N–H and O–H groups in total. The maximum atomic E-state index is 12.9. The van der Waals surface area contributed by atoms with Crippen molar-refractivity contribution >= 4 is 34.1 Å². The number of carbonyl (C=O) groups is 1. The van der Waals surface area contributed by atoms with Crippen molar-refractivity contribution in [3.63, 3.8) is 0 Å². The molecule has 0 bridgehead atoms. The fourth-order valence-corrected chi connectivity index (χ4v) is 3.68. The average molecular weight is 431 g/mol. The van der Waals surface area contributed by atoms with Gasteiger partial charge in [0, 0.05) is 33.3 Å². The molecule has 1 aromatic heterocycles. The number of hydrogen-bond acceptors (Lipinski definition) is 3. The number of benzene rings is 3. The predicted octanol–water partition coefficient (Wildman–Crippen LogP) is 6.82. The fraction of sp³-hybridized carbons (Fsp3) is 0.154. The van der Waals surface area contributed by atoms with Gasteiger partial charge >= 0.3 is 0 Å². The SMILES string of the molecule is CCOc1cc(-c2cccc(Cl)c2)nc2ccc(C(=O)Nc3cccc(C)c3C)cc12. The number of pyridine rings is 1. The monoisotopic (exact) mass is 430 g/mol. The number of halogens is 1. The number of nitrogens with zero attached hydrogens (tertiary/aromatic N) is 1. The van der Waals surface area contributed by atoms with Gasteiger partial charge in [-0.05, 0) is 68.3 Å². The van der Waals surface area contributed by atoms with Crippen molar-refractivity contribution in [3.8, 4) is 17.0 Å². The van der Waals surface area contributed by atoms with E-state index < -0.39 is 0 Å². The second-order valence-corrected chi connectivity index (χ2v) is 7.82.